The third kappa shape index (κ3) is 7.18. The second-order valence-electron chi connectivity index (χ2n) is 12.6. The van der Waals surface area contributed by atoms with Gasteiger partial charge in [-0.1, -0.05) is 109 Å². The lowest BCUT2D eigenvalue weighted by molar-refractivity contribution is 0.0592. The van der Waals surface area contributed by atoms with E-state index in [9.17, 15) is 14.4 Å². The van der Waals surface area contributed by atoms with Crippen molar-refractivity contribution < 1.29 is 28.6 Å². The Bertz CT molecular complexity index is 2190. The van der Waals surface area contributed by atoms with E-state index in [0.717, 1.165) is 66.8 Å². The largest absolute Gasteiger partial charge is 0.465 e. The molecule has 0 aromatic heterocycles. The summed E-state index contributed by atoms with van der Waals surface area (Å²) in [5, 5.41) is 0. The van der Waals surface area contributed by atoms with E-state index >= 15 is 0 Å². The molecule has 0 N–H and O–H groups in total. The van der Waals surface area contributed by atoms with E-state index in [4.69, 9.17) is 14.2 Å². The highest BCUT2D eigenvalue weighted by Gasteiger charge is 2.17. The van der Waals surface area contributed by atoms with Gasteiger partial charge in [0.05, 0.1) is 38.0 Å². The normalized spacial score (nSPS) is 10.7. The van der Waals surface area contributed by atoms with Gasteiger partial charge in [-0.25, -0.2) is 14.4 Å². The van der Waals surface area contributed by atoms with Crippen molar-refractivity contribution in [3.05, 3.63) is 180 Å². The molecule has 0 spiro atoms. The summed E-state index contributed by atoms with van der Waals surface area (Å²) in [5.74, 6) is -1.15. The summed E-state index contributed by atoms with van der Waals surface area (Å²) in [6.07, 6.45) is 0. The first-order valence-electron chi connectivity index (χ1n) is 17.4. The van der Waals surface area contributed by atoms with Crippen molar-refractivity contribution in [3.8, 4) is 66.8 Å². The van der Waals surface area contributed by atoms with Crippen LogP contribution in [0.2, 0.25) is 0 Å². The average Bonchev–Trinajstić information content (AvgIpc) is 3.25. The zero-order valence-electron chi connectivity index (χ0n) is 30.0. The Morgan fingerprint density at radius 1 is 0.296 bits per heavy atom. The molecule has 0 radical (unpaired) electrons. The van der Waals surface area contributed by atoms with Gasteiger partial charge in [0.15, 0.2) is 0 Å². The molecule has 7 rings (SSSR count). The van der Waals surface area contributed by atoms with Gasteiger partial charge in [-0.2, -0.15) is 0 Å². The van der Waals surface area contributed by atoms with Crippen LogP contribution in [0.15, 0.2) is 164 Å². The molecular formula is C48H36O6. The van der Waals surface area contributed by atoms with Crippen molar-refractivity contribution in [1.82, 2.24) is 0 Å². The van der Waals surface area contributed by atoms with Crippen LogP contribution in [0.3, 0.4) is 0 Å². The molecule has 0 fully saturated rings. The number of hydrogen-bond acceptors (Lipinski definition) is 6. The Hall–Kier alpha value is -7.05. The Morgan fingerprint density at radius 2 is 0.500 bits per heavy atom. The van der Waals surface area contributed by atoms with E-state index in [2.05, 4.69) is 54.6 Å². The summed E-state index contributed by atoms with van der Waals surface area (Å²) in [5.41, 5.74) is 13.4. The molecular weight excluding hydrogens is 673 g/mol. The summed E-state index contributed by atoms with van der Waals surface area (Å²) >= 11 is 0. The van der Waals surface area contributed by atoms with Crippen molar-refractivity contribution in [3.63, 3.8) is 0 Å². The fourth-order valence-corrected chi connectivity index (χ4v) is 6.76. The molecule has 0 aliphatic heterocycles. The van der Waals surface area contributed by atoms with Crippen LogP contribution in [0.4, 0.5) is 0 Å². The molecule has 0 heterocycles. The van der Waals surface area contributed by atoms with Gasteiger partial charge in [-0.05, 0) is 121 Å². The van der Waals surface area contributed by atoms with Crippen molar-refractivity contribution in [2.45, 2.75) is 0 Å². The third-order valence-corrected chi connectivity index (χ3v) is 9.50. The van der Waals surface area contributed by atoms with Gasteiger partial charge in [0, 0.05) is 0 Å². The highest BCUT2D eigenvalue weighted by atomic mass is 16.5. The van der Waals surface area contributed by atoms with Crippen LogP contribution in [0.25, 0.3) is 66.8 Å². The summed E-state index contributed by atoms with van der Waals surface area (Å²) in [7, 11) is 4.13. The maximum atomic E-state index is 12.2. The molecule has 264 valence electrons. The van der Waals surface area contributed by atoms with Crippen LogP contribution < -0.4 is 0 Å². The Kier molecular flexibility index (Phi) is 10.3. The average molecular weight is 709 g/mol. The molecule has 7 aromatic rings. The first kappa shape index (κ1) is 35.4. The standard InChI is InChI=1S/C48H36O6/c1-52-46(49)34-22-16-31(17-23-34)40-10-4-7-13-43(40)37-28-38(44-14-8-5-11-41(44)32-18-24-35(25-19-32)47(50)53-2)30-39(29-37)45-15-9-6-12-42(45)33-20-26-36(27-21-33)48(51)54-3/h4-30H,1-3H3. The highest BCUT2D eigenvalue weighted by Crippen LogP contribution is 2.42. The maximum Gasteiger partial charge on any atom is 0.337 e. The van der Waals surface area contributed by atoms with Gasteiger partial charge in [0.1, 0.15) is 0 Å². The van der Waals surface area contributed by atoms with E-state index in [1.54, 1.807) is 36.4 Å². The summed E-state index contributed by atoms with van der Waals surface area (Å²) in [6.45, 7) is 0. The Labute approximate surface area is 314 Å². The molecule has 0 aliphatic carbocycles. The lowest BCUT2D eigenvalue weighted by atomic mass is 9.86. The second kappa shape index (κ2) is 15.7. The predicted octanol–water partition coefficient (Wildman–Crippen LogP) is 11.0. The number of hydrogen-bond donors (Lipinski definition) is 0. The van der Waals surface area contributed by atoms with Crippen LogP contribution in [0.1, 0.15) is 31.1 Å². The zero-order chi connectivity index (χ0) is 37.6. The first-order chi connectivity index (χ1) is 26.4. The number of carbonyl (C=O) groups is 3. The van der Waals surface area contributed by atoms with Gasteiger partial charge < -0.3 is 14.2 Å². The zero-order valence-corrected chi connectivity index (χ0v) is 30.0. The molecule has 0 bridgehead atoms. The molecule has 6 nitrogen and oxygen atoms in total. The topological polar surface area (TPSA) is 78.9 Å². The monoisotopic (exact) mass is 708 g/mol. The minimum Gasteiger partial charge on any atom is -0.465 e. The van der Waals surface area contributed by atoms with Gasteiger partial charge in [-0.15, -0.1) is 0 Å². The quantitative estimate of drug-likeness (QED) is 0.110. The van der Waals surface area contributed by atoms with Crippen molar-refractivity contribution >= 4 is 17.9 Å². The summed E-state index contributed by atoms with van der Waals surface area (Å²) < 4.78 is 14.8. The number of benzene rings is 7. The lowest BCUT2D eigenvalue weighted by Gasteiger charge is -2.18. The smallest absolute Gasteiger partial charge is 0.337 e. The van der Waals surface area contributed by atoms with Gasteiger partial charge >= 0.3 is 17.9 Å². The molecule has 0 saturated heterocycles. The van der Waals surface area contributed by atoms with Gasteiger partial charge in [0.25, 0.3) is 0 Å². The molecule has 7 aromatic carbocycles. The van der Waals surface area contributed by atoms with E-state index in [1.165, 1.54) is 21.3 Å². The fourth-order valence-electron chi connectivity index (χ4n) is 6.76. The maximum absolute atomic E-state index is 12.2. The molecule has 0 saturated carbocycles. The summed E-state index contributed by atoms with van der Waals surface area (Å²) in [6, 6.07) is 53.7. The van der Waals surface area contributed by atoms with Crippen LogP contribution in [0.5, 0.6) is 0 Å². The van der Waals surface area contributed by atoms with E-state index < -0.39 is 0 Å². The van der Waals surface area contributed by atoms with Crippen LogP contribution in [-0.4, -0.2) is 39.2 Å². The van der Waals surface area contributed by atoms with Crippen molar-refractivity contribution in [1.29, 1.82) is 0 Å². The molecule has 0 unspecified atom stereocenters. The highest BCUT2D eigenvalue weighted by molar-refractivity contribution is 5.96. The van der Waals surface area contributed by atoms with E-state index in [-0.39, 0.29) is 17.9 Å². The number of carbonyl (C=O) groups excluding carboxylic acids is 3. The number of esters is 3. The number of rotatable bonds is 9. The van der Waals surface area contributed by atoms with Gasteiger partial charge in [-0.3, -0.25) is 0 Å². The van der Waals surface area contributed by atoms with Gasteiger partial charge in [0.2, 0.25) is 0 Å². The molecule has 54 heavy (non-hydrogen) atoms. The van der Waals surface area contributed by atoms with Crippen LogP contribution in [0, 0.1) is 0 Å². The lowest BCUT2D eigenvalue weighted by Crippen LogP contribution is -2.00. The predicted molar refractivity (Wildman–Crippen MR) is 213 cm³/mol. The molecule has 0 aliphatic rings. The molecule has 6 heteroatoms. The minimum atomic E-state index is -0.385. The van der Waals surface area contributed by atoms with Crippen molar-refractivity contribution in [2.24, 2.45) is 0 Å². The Balaban J connectivity index is 1.42. The fraction of sp³-hybridized carbons (Fsp3) is 0.0625. The third-order valence-electron chi connectivity index (χ3n) is 9.50. The van der Waals surface area contributed by atoms with E-state index in [1.807, 2.05) is 72.8 Å². The van der Waals surface area contributed by atoms with Crippen molar-refractivity contribution in [2.75, 3.05) is 21.3 Å². The van der Waals surface area contributed by atoms with Crippen LogP contribution >= 0.6 is 0 Å². The van der Waals surface area contributed by atoms with E-state index in [0.29, 0.717) is 16.7 Å². The summed E-state index contributed by atoms with van der Waals surface area (Å²) in [4.78, 5) is 36.6. The Morgan fingerprint density at radius 3 is 0.704 bits per heavy atom. The first-order valence-corrected chi connectivity index (χ1v) is 17.4. The molecule has 0 atom stereocenters. The number of methoxy groups -OCH3 is 3. The minimum absolute atomic E-state index is 0.385. The SMILES string of the molecule is COC(=O)c1ccc(-c2ccccc2-c2cc(-c3ccccc3-c3ccc(C(=O)OC)cc3)cc(-c3ccccc3-c3ccc(C(=O)OC)cc3)c2)cc1. The molecule has 0 amide bonds. The van der Waals surface area contributed by atoms with Crippen LogP contribution in [-0.2, 0) is 14.2 Å². The second-order valence-corrected chi connectivity index (χ2v) is 12.6. The number of ether oxygens (including phenoxy) is 3.